The number of aryl methyl sites for hydroxylation is 2. The molecule has 0 saturated heterocycles. The quantitative estimate of drug-likeness (QED) is 0.747. The van der Waals surface area contributed by atoms with Crippen molar-refractivity contribution in [2.24, 2.45) is 7.05 Å². The zero-order valence-electron chi connectivity index (χ0n) is 11.8. The SMILES string of the molecule is Cc1nn(C)cc1CNC(=O)NC1(CC(=O)O)CCC1. The first-order chi connectivity index (χ1) is 9.40. The lowest BCUT2D eigenvalue weighted by Gasteiger charge is -2.41. The van der Waals surface area contributed by atoms with E-state index in [9.17, 15) is 9.59 Å². The van der Waals surface area contributed by atoms with Crippen LogP contribution in [0.2, 0.25) is 0 Å². The highest BCUT2D eigenvalue weighted by molar-refractivity contribution is 5.77. The van der Waals surface area contributed by atoms with E-state index in [1.54, 1.807) is 4.68 Å². The van der Waals surface area contributed by atoms with Crippen LogP contribution in [0.1, 0.15) is 36.9 Å². The summed E-state index contributed by atoms with van der Waals surface area (Å²) in [7, 11) is 1.83. The number of hydrogen-bond donors (Lipinski definition) is 3. The molecule has 2 amide bonds. The van der Waals surface area contributed by atoms with E-state index in [0.717, 1.165) is 30.5 Å². The number of urea groups is 1. The van der Waals surface area contributed by atoms with Crippen molar-refractivity contribution in [2.45, 2.75) is 44.7 Å². The van der Waals surface area contributed by atoms with Crippen LogP contribution in [0.4, 0.5) is 4.79 Å². The number of aromatic nitrogens is 2. The highest BCUT2D eigenvalue weighted by Gasteiger charge is 2.40. The normalized spacial score (nSPS) is 16.3. The van der Waals surface area contributed by atoms with Gasteiger partial charge >= 0.3 is 12.0 Å². The van der Waals surface area contributed by atoms with Crippen LogP contribution in [0.25, 0.3) is 0 Å². The zero-order valence-corrected chi connectivity index (χ0v) is 11.8. The van der Waals surface area contributed by atoms with Crippen LogP contribution in [0, 0.1) is 6.92 Å². The van der Waals surface area contributed by atoms with Crippen LogP contribution in [-0.4, -0.2) is 32.4 Å². The van der Waals surface area contributed by atoms with E-state index in [1.807, 2.05) is 20.2 Å². The molecule has 0 unspecified atom stereocenters. The third-order valence-electron chi connectivity index (χ3n) is 3.73. The number of amides is 2. The molecular formula is C13H20N4O3. The first kappa shape index (κ1) is 14.4. The zero-order chi connectivity index (χ0) is 14.8. The lowest BCUT2D eigenvalue weighted by molar-refractivity contribution is -0.139. The Morgan fingerprint density at radius 1 is 1.50 bits per heavy atom. The maximum atomic E-state index is 11.9. The summed E-state index contributed by atoms with van der Waals surface area (Å²) in [4.78, 5) is 22.7. The van der Waals surface area contributed by atoms with Crippen molar-refractivity contribution in [1.82, 2.24) is 20.4 Å². The largest absolute Gasteiger partial charge is 0.481 e. The molecule has 20 heavy (non-hydrogen) atoms. The molecule has 3 N–H and O–H groups in total. The van der Waals surface area contributed by atoms with Crippen LogP contribution >= 0.6 is 0 Å². The van der Waals surface area contributed by atoms with E-state index >= 15 is 0 Å². The third-order valence-corrected chi connectivity index (χ3v) is 3.73. The van der Waals surface area contributed by atoms with Crippen LogP contribution < -0.4 is 10.6 Å². The Kier molecular flexibility index (Phi) is 3.96. The van der Waals surface area contributed by atoms with Crippen molar-refractivity contribution < 1.29 is 14.7 Å². The molecule has 0 spiro atoms. The fourth-order valence-corrected chi connectivity index (χ4v) is 2.52. The number of aliphatic carboxylic acids is 1. The number of carbonyl (C=O) groups is 2. The Balaban J connectivity index is 1.86. The highest BCUT2D eigenvalue weighted by Crippen LogP contribution is 2.34. The van der Waals surface area contributed by atoms with Gasteiger partial charge in [-0.15, -0.1) is 0 Å². The van der Waals surface area contributed by atoms with Crippen molar-refractivity contribution >= 4 is 12.0 Å². The van der Waals surface area contributed by atoms with Crippen molar-refractivity contribution in [2.75, 3.05) is 0 Å². The number of nitrogens with one attached hydrogen (secondary N) is 2. The Labute approximate surface area is 117 Å². The number of carbonyl (C=O) groups excluding carboxylic acids is 1. The lowest BCUT2D eigenvalue weighted by Crippen LogP contribution is -2.57. The molecule has 1 saturated carbocycles. The number of carboxylic acid groups (broad SMARTS) is 1. The number of hydrogen-bond acceptors (Lipinski definition) is 3. The minimum absolute atomic E-state index is 0.0215. The predicted octanol–water partition coefficient (Wildman–Crippen LogP) is 0.925. The van der Waals surface area contributed by atoms with Crippen molar-refractivity contribution in [3.8, 4) is 0 Å². The molecule has 0 bridgehead atoms. The van der Waals surface area contributed by atoms with E-state index in [0.29, 0.717) is 6.54 Å². The molecule has 0 aliphatic heterocycles. The summed E-state index contributed by atoms with van der Waals surface area (Å²) in [5, 5.41) is 18.6. The van der Waals surface area contributed by atoms with E-state index in [2.05, 4.69) is 15.7 Å². The molecule has 0 aromatic carbocycles. The van der Waals surface area contributed by atoms with Gasteiger partial charge in [-0.25, -0.2) is 4.79 Å². The predicted molar refractivity (Wildman–Crippen MR) is 72.2 cm³/mol. The molecular weight excluding hydrogens is 260 g/mol. The second-order valence-electron chi connectivity index (χ2n) is 5.43. The number of carboxylic acids is 1. The number of nitrogens with zero attached hydrogens (tertiary/aromatic N) is 2. The second-order valence-corrected chi connectivity index (χ2v) is 5.43. The van der Waals surface area contributed by atoms with E-state index in [4.69, 9.17) is 5.11 Å². The summed E-state index contributed by atoms with van der Waals surface area (Å²) in [5.41, 5.74) is 1.25. The van der Waals surface area contributed by atoms with E-state index < -0.39 is 11.5 Å². The van der Waals surface area contributed by atoms with Gasteiger partial charge in [-0.3, -0.25) is 9.48 Å². The Bertz CT molecular complexity index is 520. The second kappa shape index (κ2) is 5.52. The van der Waals surface area contributed by atoms with Crippen molar-refractivity contribution in [3.63, 3.8) is 0 Å². The summed E-state index contributed by atoms with van der Waals surface area (Å²) >= 11 is 0. The minimum atomic E-state index is -0.881. The van der Waals surface area contributed by atoms with Gasteiger partial charge in [0.15, 0.2) is 0 Å². The molecule has 1 aromatic heterocycles. The fraction of sp³-hybridized carbons (Fsp3) is 0.615. The molecule has 7 heteroatoms. The Hall–Kier alpha value is -2.05. The average molecular weight is 280 g/mol. The van der Waals surface area contributed by atoms with Crippen molar-refractivity contribution in [3.05, 3.63) is 17.5 Å². The van der Waals surface area contributed by atoms with Crippen LogP contribution in [0.3, 0.4) is 0 Å². The molecule has 1 heterocycles. The van der Waals surface area contributed by atoms with Crippen LogP contribution in [0.15, 0.2) is 6.20 Å². The van der Waals surface area contributed by atoms with Gasteiger partial charge in [0, 0.05) is 25.4 Å². The number of rotatable bonds is 5. The van der Waals surface area contributed by atoms with Gasteiger partial charge in [0.25, 0.3) is 0 Å². The molecule has 2 rings (SSSR count). The summed E-state index contributed by atoms with van der Waals surface area (Å²) in [5.74, 6) is -0.881. The molecule has 7 nitrogen and oxygen atoms in total. The smallest absolute Gasteiger partial charge is 0.315 e. The highest BCUT2D eigenvalue weighted by atomic mass is 16.4. The Morgan fingerprint density at radius 2 is 2.20 bits per heavy atom. The van der Waals surface area contributed by atoms with Gasteiger partial charge in [0.1, 0.15) is 0 Å². The van der Waals surface area contributed by atoms with E-state index in [-0.39, 0.29) is 12.5 Å². The van der Waals surface area contributed by atoms with Gasteiger partial charge < -0.3 is 15.7 Å². The standard InChI is InChI=1S/C13H20N4O3/c1-9-10(8-17(2)16-9)7-14-12(20)15-13(4-3-5-13)6-11(18)19/h8H,3-7H2,1-2H3,(H,18,19)(H2,14,15,20). The minimum Gasteiger partial charge on any atom is -0.481 e. The van der Waals surface area contributed by atoms with Gasteiger partial charge in [-0.05, 0) is 26.2 Å². The monoisotopic (exact) mass is 280 g/mol. The van der Waals surface area contributed by atoms with Crippen LogP contribution in [-0.2, 0) is 18.4 Å². The average Bonchev–Trinajstić information content (AvgIpc) is 2.61. The van der Waals surface area contributed by atoms with Gasteiger partial charge in [0.2, 0.25) is 0 Å². The molecule has 1 aliphatic rings. The lowest BCUT2D eigenvalue weighted by atomic mass is 9.74. The Morgan fingerprint density at radius 3 is 2.65 bits per heavy atom. The fourth-order valence-electron chi connectivity index (χ4n) is 2.52. The first-order valence-corrected chi connectivity index (χ1v) is 6.67. The summed E-state index contributed by atoms with van der Waals surface area (Å²) in [6.07, 6.45) is 4.23. The molecule has 0 radical (unpaired) electrons. The molecule has 1 aliphatic carbocycles. The van der Waals surface area contributed by atoms with Gasteiger partial charge in [0.05, 0.1) is 17.7 Å². The van der Waals surface area contributed by atoms with Gasteiger partial charge in [-0.2, -0.15) is 5.10 Å². The first-order valence-electron chi connectivity index (χ1n) is 6.67. The third kappa shape index (κ3) is 3.28. The van der Waals surface area contributed by atoms with Crippen LogP contribution in [0.5, 0.6) is 0 Å². The van der Waals surface area contributed by atoms with E-state index in [1.165, 1.54) is 0 Å². The summed E-state index contributed by atoms with van der Waals surface area (Å²) < 4.78 is 1.70. The van der Waals surface area contributed by atoms with Gasteiger partial charge in [-0.1, -0.05) is 0 Å². The maximum absolute atomic E-state index is 11.9. The molecule has 1 fully saturated rings. The summed E-state index contributed by atoms with van der Waals surface area (Å²) in [6, 6.07) is -0.325. The molecule has 110 valence electrons. The van der Waals surface area contributed by atoms with Crippen molar-refractivity contribution in [1.29, 1.82) is 0 Å². The maximum Gasteiger partial charge on any atom is 0.315 e. The molecule has 1 aromatic rings. The summed E-state index contributed by atoms with van der Waals surface area (Å²) in [6.45, 7) is 2.27. The molecule has 0 atom stereocenters. The topological polar surface area (TPSA) is 96.3 Å².